The maximum atomic E-state index is 12.3. The van der Waals surface area contributed by atoms with E-state index >= 15 is 0 Å². The molecule has 0 unspecified atom stereocenters. The highest BCUT2D eigenvalue weighted by Gasteiger charge is 2.20. The topological polar surface area (TPSA) is 44.4 Å². The summed E-state index contributed by atoms with van der Waals surface area (Å²) in [4.78, 5) is 14.5. The highest BCUT2D eigenvalue weighted by molar-refractivity contribution is 5.93. The number of hydrogen-bond acceptors (Lipinski definition) is 3. The van der Waals surface area contributed by atoms with Crippen molar-refractivity contribution in [1.29, 1.82) is 0 Å². The van der Waals surface area contributed by atoms with Crippen LogP contribution in [0.1, 0.15) is 30.9 Å². The van der Waals surface area contributed by atoms with Gasteiger partial charge in [-0.2, -0.15) is 0 Å². The third-order valence-corrected chi connectivity index (χ3v) is 4.33. The summed E-state index contributed by atoms with van der Waals surface area (Å²) in [5, 5.41) is 6.46. The molecule has 1 aromatic rings. The van der Waals surface area contributed by atoms with Gasteiger partial charge in [-0.3, -0.25) is 9.69 Å². The van der Waals surface area contributed by atoms with Crippen LogP contribution in [0, 0.1) is 6.92 Å². The normalized spacial score (nSPS) is 16.2. The van der Waals surface area contributed by atoms with Crippen LogP contribution >= 0.6 is 0 Å². The summed E-state index contributed by atoms with van der Waals surface area (Å²) in [5.74, 6) is 0.0834. The molecule has 2 N–H and O–H groups in total. The lowest BCUT2D eigenvalue weighted by atomic mass is 10.0. The van der Waals surface area contributed by atoms with Crippen molar-refractivity contribution in [3.63, 3.8) is 0 Å². The summed E-state index contributed by atoms with van der Waals surface area (Å²) < 4.78 is 0. The molecule has 1 heterocycles. The first kappa shape index (κ1) is 16.0. The van der Waals surface area contributed by atoms with E-state index in [-0.39, 0.29) is 5.91 Å². The maximum absolute atomic E-state index is 12.3. The van der Waals surface area contributed by atoms with Crippen LogP contribution in [0.25, 0.3) is 0 Å². The van der Waals surface area contributed by atoms with Gasteiger partial charge in [0.05, 0.1) is 6.54 Å². The van der Waals surface area contributed by atoms with E-state index in [9.17, 15) is 4.79 Å². The minimum atomic E-state index is 0.0834. The largest absolute Gasteiger partial charge is 0.324 e. The summed E-state index contributed by atoms with van der Waals surface area (Å²) >= 11 is 0. The molecule has 1 aliphatic rings. The van der Waals surface area contributed by atoms with Crippen LogP contribution in [-0.2, 0) is 11.2 Å². The molecule has 0 aliphatic carbocycles. The van der Waals surface area contributed by atoms with Gasteiger partial charge in [0.1, 0.15) is 0 Å². The molecular formula is C17H27N3O. The fourth-order valence-corrected chi connectivity index (χ4v) is 2.98. The zero-order valence-corrected chi connectivity index (χ0v) is 13.4. The first-order valence-corrected chi connectivity index (χ1v) is 7.91. The molecule has 0 bridgehead atoms. The molecule has 21 heavy (non-hydrogen) atoms. The van der Waals surface area contributed by atoms with Crippen molar-refractivity contribution < 1.29 is 4.79 Å². The Labute approximate surface area is 127 Å². The van der Waals surface area contributed by atoms with E-state index in [0.717, 1.165) is 43.6 Å². The number of amides is 1. The van der Waals surface area contributed by atoms with E-state index in [0.29, 0.717) is 12.6 Å². The number of para-hydroxylation sites is 1. The third-order valence-electron chi connectivity index (χ3n) is 4.33. The van der Waals surface area contributed by atoms with Gasteiger partial charge in [0.2, 0.25) is 5.91 Å². The minimum absolute atomic E-state index is 0.0834. The smallest absolute Gasteiger partial charge is 0.238 e. The molecule has 4 heteroatoms. The first-order valence-electron chi connectivity index (χ1n) is 7.91. The Bertz CT molecular complexity index is 481. The lowest BCUT2D eigenvalue weighted by molar-refractivity contribution is -0.117. The van der Waals surface area contributed by atoms with E-state index in [1.165, 1.54) is 5.56 Å². The Kier molecular flexibility index (Phi) is 5.76. The molecule has 0 saturated carbocycles. The number of rotatable bonds is 5. The van der Waals surface area contributed by atoms with Crippen molar-refractivity contribution in [2.75, 3.05) is 32.0 Å². The van der Waals surface area contributed by atoms with Crippen LogP contribution in [0.15, 0.2) is 18.2 Å². The van der Waals surface area contributed by atoms with E-state index in [4.69, 9.17) is 0 Å². The predicted octanol–water partition coefficient (Wildman–Crippen LogP) is 2.18. The van der Waals surface area contributed by atoms with Gasteiger partial charge in [-0.25, -0.2) is 0 Å². The number of carbonyl (C=O) groups is 1. The van der Waals surface area contributed by atoms with Gasteiger partial charge in [-0.05, 0) is 57.5 Å². The van der Waals surface area contributed by atoms with Crippen LogP contribution in [0.5, 0.6) is 0 Å². The average Bonchev–Trinajstić information content (AvgIpc) is 2.50. The SMILES string of the molecule is CCc1cccc(C)c1NC(=O)CN(C)C1CCNCC1. The molecule has 1 fully saturated rings. The van der Waals surface area contributed by atoms with Crippen LogP contribution in [0.3, 0.4) is 0 Å². The van der Waals surface area contributed by atoms with Crippen molar-refractivity contribution in [3.8, 4) is 0 Å². The minimum Gasteiger partial charge on any atom is -0.324 e. The van der Waals surface area contributed by atoms with E-state index in [1.807, 2.05) is 26.1 Å². The molecule has 1 saturated heterocycles. The number of benzene rings is 1. The second kappa shape index (κ2) is 7.57. The highest BCUT2D eigenvalue weighted by atomic mass is 16.2. The van der Waals surface area contributed by atoms with E-state index in [1.54, 1.807) is 0 Å². The van der Waals surface area contributed by atoms with Crippen molar-refractivity contribution in [2.24, 2.45) is 0 Å². The van der Waals surface area contributed by atoms with Gasteiger partial charge < -0.3 is 10.6 Å². The van der Waals surface area contributed by atoms with Crippen molar-refractivity contribution in [1.82, 2.24) is 10.2 Å². The third kappa shape index (κ3) is 4.29. The van der Waals surface area contributed by atoms with Crippen molar-refractivity contribution in [2.45, 2.75) is 39.2 Å². The van der Waals surface area contributed by atoms with Crippen LogP contribution < -0.4 is 10.6 Å². The lowest BCUT2D eigenvalue weighted by Gasteiger charge is -2.31. The molecule has 0 atom stereocenters. The van der Waals surface area contributed by atoms with E-state index in [2.05, 4.69) is 28.5 Å². The van der Waals surface area contributed by atoms with E-state index < -0.39 is 0 Å². The first-order chi connectivity index (χ1) is 10.1. The molecule has 4 nitrogen and oxygen atoms in total. The molecule has 1 aromatic carbocycles. The number of likely N-dealkylation sites (N-methyl/N-ethyl adjacent to an activating group) is 1. The molecule has 1 amide bonds. The monoisotopic (exact) mass is 289 g/mol. The van der Waals surface area contributed by atoms with Gasteiger partial charge in [0, 0.05) is 11.7 Å². The van der Waals surface area contributed by atoms with Gasteiger partial charge in [-0.15, -0.1) is 0 Å². The average molecular weight is 289 g/mol. The standard InChI is InChI=1S/C17H27N3O/c1-4-14-7-5-6-13(2)17(14)19-16(21)12-20(3)15-8-10-18-11-9-15/h5-7,15,18H,4,8-12H2,1-3H3,(H,19,21). The summed E-state index contributed by atoms with van der Waals surface area (Å²) in [6, 6.07) is 6.69. The fraction of sp³-hybridized carbons (Fsp3) is 0.588. The van der Waals surface area contributed by atoms with Gasteiger partial charge in [0.15, 0.2) is 0 Å². The van der Waals surface area contributed by atoms with Gasteiger partial charge >= 0.3 is 0 Å². The van der Waals surface area contributed by atoms with Crippen LogP contribution in [0.4, 0.5) is 5.69 Å². The number of anilines is 1. The lowest BCUT2D eigenvalue weighted by Crippen LogP contribution is -2.44. The highest BCUT2D eigenvalue weighted by Crippen LogP contribution is 2.21. The zero-order chi connectivity index (χ0) is 15.2. The second-order valence-corrected chi connectivity index (χ2v) is 5.91. The molecule has 0 spiro atoms. The Morgan fingerprint density at radius 3 is 2.76 bits per heavy atom. The Morgan fingerprint density at radius 2 is 2.10 bits per heavy atom. The molecule has 0 aromatic heterocycles. The number of hydrogen-bond donors (Lipinski definition) is 2. The number of aryl methyl sites for hydroxylation is 2. The number of piperidine rings is 1. The summed E-state index contributed by atoms with van der Waals surface area (Å²) in [6.07, 6.45) is 3.17. The zero-order valence-electron chi connectivity index (χ0n) is 13.4. The molecule has 2 rings (SSSR count). The molecule has 1 aliphatic heterocycles. The number of carbonyl (C=O) groups excluding carboxylic acids is 1. The van der Waals surface area contributed by atoms with Crippen molar-refractivity contribution in [3.05, 3.63) is 29.3 Å². The number of nitrogens with one attached hydrogen (secondary N) is 2. The molecule has 116 valence electrons. The second-order valence-electron chi connectivity index (χ2n) is 5.91. The maximum Gasteiger partial charge on any atom is 0.238 e. The van der Waals surface area contributed by atoms with Gasteiger partial charge in [-0.1, -0.05) is 25.1 Å². The fourth-order valence-electron chi connectivity index (χ4n) is 2.98. The van der Waals surface area contributed by atoms with Gasteiger partial charge in [0.25, 0.3) is 0 Å². The summed E-state index contributed by atoms with van der Waals surface area (Å²) in [5.41, 5.74) is 3.32. The quantitative estimate of drug-likeness (QED) is 0.873. The van der Waals surface area contributed by atoms with Crippen LogP contribution in [-0.4, -0.2) is 43.5 Å². The molecule has 0 radical (unpaired) electrons. The molecular weight excluding hydrogens is 262 g/mol. The Balaban J connectivity index is 1.95. The number of nitrogens with zero attached hydrogens (tertiary/aromatic N) is 1. The summed E-state index contributed by atoms with van der Waals surface area (Å²) in [7, 11) is 2.05. The summed E-state index contributed by atoms with van der Waals surface area (Å²) in [6.45, 7) is 6.72. The Morgan fingerprint density at radius 1 is 1.38 bits per heavy atom. The van der Waals surface area contributed by atoms with Crippen LogP contribution in [0.2, 0.25) is 0 Å². The van der Waals surface area contributed by atoms with Crippen molar-refractivity contribution >= 4 is 11.6 Å². The predicted molar refractivity (Wildman–Crippen MR) is 87.7 cm³/mol. The Hall–Kier alpha value is -1.39.